The number of rotatable bonds is 6. The van der Waals surface area contributed by atoms with E-state index in [2.05, 4.69) is 16.0 Å². The lowest BCUT2D eigenvalue weighted by atomic mass is 10.2. The van der Waals surface area contributed by atoms with Gasteiger partial charge in [0.1, 0.15) is 5.70 Å². The number of benzene rings is 1. The van der Waals surface area contributed by atoms with Crippen molar-refractivity contribution < 1.29 is 23.9 Å². The quantitative estimate of drug-likeness (QED) is 0.522. The van der Waals surface area contributed by atoms with Crippen molar-refractivity contribution in [2.45, 2.75) is 39.8 Å². The van der Waals surface area contributed by atoms with E-state index < -0.39 is 29.9 Å². The molecule has 140 valence electrons. The molecular formula is C18H23N3O5. The summed E-state index contributed by atoms with van der Waals surface area (Å²) in [5.41, 5.74) is 0.552. The van der Waals surface area contributed by atoms with Crippen LogP contribution < -0.4 is 16.0 Å². The standard InChI is InChI=1S/C18H23N3O5/c1-11(2)19-18(25)21-16(23)12(3)26-17(24)15(20-13(4)22)10-14-8-6-5-7-9-14/h5-12H,1-4H3,(H,20,22)(H2,19,21,23,25)/b15-10-/t12-/m0/s1. The van der Waals surface area contributed by atoms with Gasteiger partial charge >= 0.3 is 12.0 Å². The van der Waals surface area contributed by atoms with Gasteiger partial charge in [-0.25, -0.2) is 9.59 Å². The largest absolute Gasteiger partial charge is 0.448 e. The van der Waals surface area contributed by atoms with Crippen LogP contribution in [-0.4, -0.2) is 36.0 Å². The first kappa shape index (κ1) is 20.9. The van der Waals surface area contributed by atoms with Crippen molar-refractivity contribution in [3.63, 3.8) is 0 Å². The van der Waals surface area contributed by atoms with Crippen LogP contribution >= 0.6 is 0 Å². The van der Waals surface area contributed by atoms with Crippen molar-refractivity contribution in [2.75, 3.05) is 0 Å². The normalized spacial score (nSPS) is 12.1. The van der Waals surface area contributed by atoms with Crippen molar-refractivity contribution in [1.29, 1.82) is 0 Å². The number of nitrogens with one attached hydrogen (secondary N) is 3. The summed E-state index contributed by atoms with van der Waals surface area (Å²) in [6.07, 6.45) is 0.202. The Balaban J connectivity index is 2.79. The topological polar surface area (TPSA) is 114 Å². The van der Waals surface area contributed by atoms with Gasteiger partial charge in [0, 0.05) is 13.0 Å². The fraction of sp³-hybridized carbons (Fsp3) is 0.333. The third kappa shape index (κ3) is 7.61. The number of urea groups is 1. The van der Waals surface area contributed by atoms with Crippen LogP contribution in [0.5, 0.6) is 0 Å². The summed E-state index contributed by atoms with van der Waals surface area (Å²) in [7, 11) is 0. The zero-order chi connectivity index (χ0) is 19.7. The van der Waals surface area contributed by atoms with E-state index in [4.69, 9.17) is 4.74 Å². The van der Waals surface area contributed by atoms with Gasteiger partial charge in [0.25, 0.3) is 5.91 Å². The second kappa shape index (κ2) is 9.97. The molecule has 0 aliphatic rings. The minimum absolute atomic E-state index is 0.116. The monoisotopic (exact) mass is 361 g/mol. The average molecular weight is 361 g/mol. The Morgan fingerprint density at radius 3 is 2.15 bits per heavy atom. The maximum atomic E-state index is 12.3. The molecule has 4 amide bonds. The van der Waals surface area contributed by atoms with Gasteiger partial charge < -0.3 is 15.4 Å². The van der Waals surface area contributed by atoms with E-state index in [-0.39, 0.29) is 11.7 Å². The molecule has 0 aliphatic heterocycles. The molecule has 8 nitrogen and oxygen atoms in total. The zero-order valence-electron chi connectivity index (χ0n) is 15.2. The molecule has 1 aromatic carbocycles. The Morgan fingerprint density at radius 2 is 1.62 bits per heavy atom. The van der Waals surface area contributed by atoms with Crippen LogP contribution in [0, 0.1) is 0 Å². The number of hydrogen-bond donors (Lipinski definition) is 3. The minimum Gasteiger partial charge on any atom is -0.448 e. The Hall–Kier alpha value is -3.16. The van der Waals surface area contributed by atoms with E-state index in [9.17, 15) is 19.2 Å². The van der Waals surface area contributed by atoms with Crippen LogP contribution in [0.3, 0.4) is 0 Å². The fourth-order valence-electron chi connectivity index (χ4n) is 1.84. The molecule has 0 aromatic heterocycles. The van der Waals surface area contributed by atoms with E-state index >= 15 is 0 Å². The molecule has 8 heteroatoms. The number of hydrogen-bond acceptors (Lipinski definition) is 5. The van der Waals surface area contributed by atoms with Crippen molar-refractivity contribution >= 4 is 29.9 Å². The number of carbonyl (C=O) groups excluding carboxylic acids is 4. The van der Waals surface area contributed by atoms with Crippen LogP contribution in [0.2, 0.25) is 0 Å². The molecule has 0 unspecified atom stereocenters. The zero-order valence-corrected chi connectivity index (χ0v) is 15.2. The predicted octanol–water partition coefficient (Wildman–Crippen LogP) is 1.33. The molecular weight excluding hydrogens is 338 g/mol. The number of amides is 4. The van der Waals surface area contributed by atoms with Crippen LogP contribution in [0.25, 0.3) is 6.08 Å². The summed E-state index contributed by atoms with van der Waals surface area (Å²) in [5, 5.41) is 6.93. The first-order valence-electron chi connectivity index (χ1n) is 8.05. The highest BCUT2D eigenvalue weighted by Gasteiger charge is 2.22. The van der Waals surface area contributed by atoms with Crippen molar-refractivity contribution in [2.24, 2.45) is 0 Å². The summed E-state index contributed by atoms with van der Waals surface area (Å²) >= 11 is 0. The first-order chi connectivity index (χ1) is 12.2. The number of imide groups is 1. The second-order valence-corrected chi connectivity index (χ2v) is 5.81. The Bertz CT molecular complexity index is 698. The molecule has 0 aliphatic carbocycles. The molecule has 0 bridgehead atoms. The average Bonchev–Trinajstić information content (AvgIpc) is 2.53. The minimum atomic E-state index is -1.23. The molecule has 1 atom stereocenters. The molecule has 26 heavy (non-hydrogen) atoms. The van der Waals surface area contributed by atoms with Gasteiger partial charge in [0.05, 0.1) is 0 Å². The summed E-state index contributed by atoms with van der Waals surface area (Å²) < 4.78 is 5.04. The van der Waals surface area contributed by atoms with Crippen LogP contribution in [0.1, 0.15) is 33.3 Å². The second-order valence-electron chi connectivity index (χ2n) is 5.81. The van der Waals surface area contributed by atoms with Crippen molar-refractivity contribution in [3.05, 3.63) is 41.6 Å². The van der Waals surface area contributed by atoms with Gasteiger partial charge in [-0.1, -0.05) is 30.3 Å². The Morgan fingerprint density at radius 1 is 1.00 bits per heavy atom. The third-order valence-corrected chi connectivity index (χ3v) is 2.95. The van der Waals surface area contributed by atoms with Crippen LogP contribution in [0.15, 0.2) is 36.0 Å². The summed E-state index contributed by atoms with van der Waals surface area (Å²) in [6, 6.07) is 7.99. The van der Waals surface area contributed by atoms with E-state index in [1.807, 2.05) is 6.07 Å². The summed E-state index contributed by atoms with van der Waals surface area (Å²) in [4.78, 5) is 47.0. The van der Waals surface area contributed by atoms with Gasteiger partial charge in [0.2, 0.25) is 5.91 Å². The van der Waals surface area contributed by atoms with E-state index in [0.717, 1.165) is 0 Å². The van der Waals surface area contributed by atoms with Crippen molar-refractivity contribution in [1.82, 2.24) is 16.0 Å². The lowest BCUT2D eigenvalue weighted by Gasteiger charge is -2.15. The molecule has 0 heterocycles. The maximum absolute atomic E-state index is 12.3. The summed E-state index contributed by atoms with van der Waals surface area (Å²) in [6.45, 7) is 6.05. The Labute approximate surface area is 152 Å². The molecule has 0 radical (unpaired) electrons. The highest BCUT2D eigenvalue weighted by molar-refractivity contribution is 6.01. The van der Waals surface area contributed by atoms with Crippen LogP contribution in [-0.2, 0) is 19.1 Å². The van der Waals surface area contributed by atoms with Gasteiger partial charge in [-0.2, -0.15) is 0 Å². The van der Waals surface area contributed by atoms with E-state index in [0.29, 0.717) is 5.56 Å². The Kier molecular flexibility index (Phi) is 8.01. The SMILES string of the molecule is CC(=O)N/C(=C\c1ccccc1)C(=O)O[C@@H](C)C(=O)NC(=O)NC(C)C. The lowest BCUT2D eigenvalue weighted by molar-refractivity contribution is -0.151. The lowest BCUT2D eigenvalue weighted by Crippen LogP contribution is -2.46. The molecule has 1 aromatic rings. The molecule has 0 fully saturated rings. The number of ether oxygens (including phenoxy) is 1. The molecule has 1 rings (SSSR count). The fourth-order valence-corrected chi connectivity index (χ4v) is 1.84. The van der Waals surface area contributed by atoms with Gasteiger partial charge in [-0.15, -0.1) is 0 Å². The van der Waals surface area contributed by atoms with E-state index in [1.54, 1.807) is 38.1 Å². The third-order valence-electron chi connectivity index (χ3n) is 2.95. The number of esters is 1. The highest BCUT2D eigenvalue weighted by atomic mass is 16.5. The molecule has 0 spiro atoms. The molecule has 0 saturated heterocycles. The molecule has 3 N–H and O–H groups in total. The smallest absolute Gasteiger partial charge is 0.355 e. The van der Waals surface area contributed by atoms with Gasteiger partial charge in [0.15, 0.2) is 6.10 Å². The maximum Gasteiger partial charge on any atom is 0.355 e. The van der Waals surface area contributed by atoms with E-state index in [1.165, 1.54) is 19.9 Å². The predicted molar refractivity (Wildman–Crippen MR) is 95.6 cm³/mol. The van der Waals surface area contributed by atoms with Gasteiger partial charge in [-0.3, -0.25) is 14.9 Å². The van der Waals surface area contributed by atoms with Gasteiger partial charge in [-0.05, 0) is 32.4 Å². The van der Waals surface area contributed by atoms with Crippen molar-refractivity contribution in [3.8, 4) is 0 Å². The van der Waals surface area contributed by atoms with Crippen LogP contribution in [0.4, 0.5) is 4.79 Å². The molecule has 0 saturated carbocycles. The summed E-state index contributed by atoms with van der Waals surface area (Å²) in [5.74, 6) is -2.13. The first-order valence-corrected chi connectivity index (χ1v) is 8.05. The number of carbonyl (C=O) groups is 4. The highest BCUT2D eigenvalue weighted by Crippen LogP contribution is 2.08.